The zero-order valence-corrected chi connectivity index (χ0v) is 16.4. The summed E-state index contributed by atoms with van der Waals surface area (Å²) in [7, 11) is 1.28. The number of hydrogen-bond acceptors (Lipinski definition) is 7. The zero-order valence-electron chi connectivity index (χ0n) is 14.8. The van der Waals surface area contributed by atoms with E-state index in [0.29, 0.717) is 21.0 Å². The van der Waals surface area contributed by atoms with Crippen LogP contribution in [0.3, 0.4) is 0 Å². The molecule has 2 heterocycles. The second-order valence-electron chi connectivity index (χ2n) is 6.02. The van der Waals surface area contributed by atoms with Gasteiger partial charge in [-0.25, -0.2) is 4.79 Å². The van der Waals surface area contributed by atoms with Gasteiger partial charge in [0.15, 0.2) is 0 Å². The van der Waals surface area contributed by atoms with Gasteiger partial charge in [0.1, 0.15) is 17.3 Å². The first-order valence-corrected chi connectivity index (χ1v) is 9.27. The van der Waals surface area contributed by atoms with Crippen LogP contribution in [0.25, 0.3) is 10.1 Å². The topological polar surface area (TPSA) is 116 Å². The van der Waals surface area contributed by atoms with Crippen molar-refractivity contribution in [3.8, 4) is 0 Å². The van der Waals surface area contributed by atoms with Crippen LogP contribution >= 0.6 is 22.9 Å². The lowest BCUT2D eigenvalue weighted by Gasteiger charge is -2.12. The molecule has 3 rings (SSSR count). The van der Waals surface area contributed by atoms with Crippen LogP contribution in [-0.2, 0) is 16.1 Å². The standard InChI is InChI=1S/C17H15ClN4O5S/c1-9(7-21-8-11(6-19-21)22(25)26)16(23)20-10-3-4-12-13(5-10)28-15(14(12)18)17(24)27-2/h3-6,8-9H,7H2,1-2H3,(H,20,23). The number of esters is 1. The van der Waals surface area contributed by atoms with Gasteiger partial charge < -0.3 is 10.1 Å². The van der Waals surface area contributed by atoms with Gasteiger partial charge in [-0.3, -0.25) is 19.6 Å². The Morgan fingerprint density at radius 3 is 2.86 bits per heavy atom. The van der Waals surface area contributed by atoms with Crippen molar-refractivity contribution in [1.29, 1.82) is 0 Å². The van der Waals surface area contributed by atoms with Crippen molar-refractivity contribution >= 4 is 56.3 Å². The SMILES string of the molecule is COC(=O)c1sc2cc(NC(=O)C(C)Cn3cc([N+](=O)[O-])cn3)ccc2c1Cl. The van der Waals surface area contributed by atoms with Crippen LogP contribution in [0.5, 0.6) is 0 Å². The fraction of sp³-hybridized carbons (Fsp3) is 0.235. The van der Waals surface area contributed by atoms with Crippen molar-refractivity contribution in [2.45, 2.75) is 13.5 Å². The number of fused-ring (bicyclic) bond motifs is 1. The van der Waals surface area contributed by atoms with Gasteiger partial charge in [0.05, 0.1) is 29.5 Å². The predicted octanol–water partition coefficient (Wildman–Crippen LogP) is 3.72. The van der Waals surface area contributed by atoms with Crippen LogP contribution < -0.4 is 5.32 Å². The summed E-state index contributed by atoms with van der Waals surface area (Å²) in [5, 5.41) is 18.4. The fourth-order valence-corrected chi connectivity index (χ4v) is 4.01. The number of hydrogen-bond donors (Lipinski definition) is 1. The van der Waals surface area contributed by atoms with E-state index >= 15 is 0 Å². The Morgan fingerprint density at radius 2 is 2.21 bits per heavy atom. The average molecular weight is 423 g/mol. The number of anilines is 1. The molecule has 3 aromatic rings. The van der Waals surface area contributed by atoms with Crippen molar-refractivity contribution in [2.24, 2.45) is 5.92 Å². The first-order chi connectivity index (χ1) is 13.3. The summed E-state index contributed by atoms with van der Waals surface area (Å²) in [6.07, 6.45) is 2.41. The van der Waals surface area contributed by atoms with E-state index in [4.69, 9.17) is 16.3 Å². The Bertz CT molecular complexity index is 1080. The van der Waals surface area contributed by atoms with Crippen LogP contribution in [0.1, 0.15) is 16.6 Å². The molecule has 1 unspecified atom stereocenters. The lowest BCUT2D eigenvalue weighted by atomic mass is 10.1. The number of halogens is 1. The van der Waals surface area contributed by atoms with Gasteiger partial charge in [0, 0.05) is 15.8 Å². The zero-order chi connectivity index (χ0) is 20.4. The molecule has 0 aliphatic rings. The maximum absolute atomic E-state index is 12.4. The van der Waals surface area contributed by atoms with Crippen molar-refractivity contribution in [1.82, 2.24) is 9.78 Å². The molecule has 1 N–H and O–H groups in total. The Hall–Kier alpha value is -2.98. The van der Waals surface area contributed by atoms with Crippen molar-refractivity contribution in [3.63, 3.8) is 0 Å². The number of methoxy groups -OCH3 is 1. The van der Waals surface area contributed by atoms with Crippen LogP contribution in [0.15, 0.2) is 30.6 Å². The third-order valence-electron chi connectivity index (χ3n) is 4.01. The van der Waals surface area contributed by atoms with Gasteiger partial charge in [-0.2, -0.15) is 5.10 Å². The summed E-state index contributed by atoms with van der Waals surface area (Å²) in [5.41, 5.74) is 0.416. The first kappa shape index (κ1) is 19.8. The molecule has 0 radical (unpaired) electrons. The van der Waals surface area contributed by atoms with Gasteiger partial charge in [-0.15, -0.1) is 11.3 Å². The largest absolute Gasteiger partial charge is 0.465 e. The molecular weight excluding hydrogens is 408 g/mol. The first-order valence-electron chi connectivity index (χ1n) is 8.08. The minimum atomic E-state index is -0.543. The molecule has 0 bridgehead atoms. The number of ether oxygens (including phenoxy) is 1. The van der Waals surface area contributed by atoms with Crippen molar-refractivity contribution in [3.05, 3.63) is 50.6 Å². The smallest absolute Gasteiger partial charge is 0.349 e. The van der Waals surface area contributed by atoms with E-state index in [1.165, 1.54) is 29.3 Å². The van der Waals surface area contributed by atoms with Crippen molar-refractivity contribution in [2.75, 3.05) is 12.4 Å². The number of benzene rings is 1. The maximum atomic E-state index is 12.4. The molecule has 1 atom stereocenters. The van der Waals surface area contributed by atoms with Crippen LogP contribution in [0, 0.1) is 16.0 Å². The molecule has 0 aliphatic carbocycles. The van der Waals surface area contributed by atoms with Crippen molar-refractivity contribution < 1.29 is 19.2 Å². The van der Waals surface area contributed by atoms with Gasteiger partial charge in [-0.1, -0.05) is 18.5 Å². The molecule has 0 aliphatic heterocycles. The predicted molar refractivity (Wildman–Crippen MR) is 105 cm³/mol. The van der Waals surface area contributed by atoms with Crippen LogP contribution in [0.4, 0.5) is 11.4 Å². The molecular formula is C17H15ClN4O5S. The van der Waals surface area contributed by atoms with E-state index in [1.807, 2.05) is 0 Å². The number of nitrogens with zero attached hydrogens (tertiary/aromatic N) is 3. The number of aromatic nitrogens is 2. The quantitative estimate of drug-likeness (QED) is 0.367. The van der Waals surface area contributed by atoms with Gasteiger partial charge in [-0.05, 0) is 18.2 Å². The highest BCUT2D eigenvalue weighted by Crippen LogP contribution is 2.37. The molecule has 146 valence electrons. The lowest BCUT2D eigenvalue weighted by Crippen LogP contribution is -2.24. The summed E-state index contributed by atoms with van der Waals surface area (Å²) in [5.74, 6) is -1.26. The second-order valence-corrected chi connectivity index (χ2v) is 7.45. The average Bonchev–Trinajstić information content (AvgIpc) is 3.26. The number of nitro groups is 1. The minimum absolute atomic E-state index is 0.131. The third-order valence-corrected chi connectivity index (χ3v) is 5.64. The summed E-state index contributed by atoms with van der Waals surface area (Å²) in [4.78, 5) is 34.7. The minimum Gasteiger partial charge on any atom is -0.465 e. The monoisotopic (exact) mass is 422 g/mol. The number of amides is 1. The number of carbonyl (C=O) groups excluding carboxylic acids is 2. The highest BCUT2D eigenvalue weighted by Gasteiger charge is 2.19. The van der Waals surface area contributed by atoms with Gasteiger partial charge in [0.25, 0.3) is 0 Å². The Morgan fingerprint density at radius 1 is 1.46 bits per heavy atom. The van der Waals surface area contributed by atoms with E-state index in [9.17, 15) is 19.7 Å². The van der Waals surface area contributed by atoms with E-state index in [-0.39, 0.29) is 18.1 Å². The lowest BCUT2D eigenvalue weighted by molar-refractivity contribution is -0.385. The molecule has 28 heavy (non-hydrogen) atoms. The molecule has 0 saturated carbocycles. The van der Waals surface area contributed by atoms with Gasteiger partial charge in [0.2, 0.25) is 5.91 Å². The highest BCUT2D eigenvalue weighted by atomic mass is 35.5. The van der Waals surface area contributed by atoms with Crippen LogP contribution in [-0.4, -0.2) is 33.7 Å². The second kappa shape index (κ2) is 7.95. The fourth-order valence-electron chi connectivity index (χ4n) is 2.54. The number of thiophene rings is 1. The molecule has 1 amide bonds. The maximum Gasteiger partial charge on any atom is 0.349 e. The van der Waals surface area contributed by atoms with E-state index in [0.717, 1.165) is 10.9 Å². The molecule has 0 spiro atoms. The summed E-state index contributed by atoms with van der Waals surface area (Å²) < 4.78 is 6.80. The number of carbonyl (C=O) groups is 2. The Kier molecular flexibility index (Phi) is 5.61. The number of rotatable bonds is 6. The van der Waals surface area contributed by atoms with E-state index in [2.05, 4.69) is 10.4 Å². The Balaban J connectivity index is 1.72. The third kappa shape index (κ3) is 3.97. The van der Waals surface area contributed by atoms with E-state index in [1.54, 1.807) is 25.1 Å². The molecule has 2 aromatic heterocycles. The van der Waals surface area contributed by atoms with Gasteiger partial charge >= 0.3 is 11.7 Å². The van der Waals surface area contributed by atoms with E-state index < -0.39 is 16.8 Å². The summed E-state index contributed by atoms with van der Waals surface area (Å²) in [6, 6.07) is 5.13. The van der Waals surface area contributed by atoms with Crippen LogP contribution in [0.2, 0.25) is 5.02 Å². The highest BCUT2D eigenvalue weighted by molar-refractivity contribution is 7.21. The molecule has 0 saturated heterocycles. The molecule has 9 nitrogen and oxygen atoms in total. The number of nitrogens with one attached hydrogen (secondary N) is 1. The summed E-state index contributed by atoms with van der Waals surface area (Å²) >= 11 is 7.40. The molecule has 11 heteroatoms. The Labute approximate surface area is 168 Å². The molecule has 1 aromatic carbocycles. The molecule has 0 fully saturated rings. The summed E-state index contributed by atoms with van der Waals surface area (Å²) in [6.45, 7) is 1.89. The normalized spacial score (nSPS) is 12.0.